The summed E-state index contributed by atoms with van der Waals surface area (Å²) < 4.78 is 5.30. The third kappa shape index (κ3) is 4.61. The molecule has 4 rings (SSSR count). The van der Waals surface area contributed by atoms with E-state index in [1.54, 1.807) is 18.2 Å². The summed E-state index contributed by atoms with van der Waals surface area (Å²) in [6, 6.07) is 14.4. The van der Waals surface area contributed by atoms with Gasteiger partial charge in [0, 0.05) is 10.6 Å². The molecule has 0 spiro atoms. The Bertz CT molecular complexity index is 1080. The average Bonchev–Trinajstić information content (AvgIpc) is 2.72. The molecule has 9 nitrogen and oxygen atoms in total. The number of amides is 1. The second kappa shape index (κ2) is 8.15. The maximum atomic E-state index is 12.4. The predicted molar refractivity (Wildman–Crippen MR) is 109 cm³/mol. The van der Waals surface area contributed by atoms with Crippen LogP contribution in [0.5, 0.6) is 0 Å². The normalized spacial score (nSPS) is 12.6. The zero-order valence-electron chi connectivity index (χ0n) is 15.1. The number of carbonyl (C=O) groups is 2. The van der Waals surface area contributed by atoms with Crippen LogP contribution in [0.15, 0.2) is 53.4 Å². The highest BCUT2D eigenvalue weighted by Crippen LogP contribution is 2.32. The molecule has 0 aliphatic carbocycles. The molecular formula is C19H16N6O3S. The summed E-state index contributed by atoms with van der Waals surface area (Å²) in [5.41, 5.74) is 7.43. The summed E-state index contributed by atoms with van der Waals surface area (Å²) in [7, 11) is 0. The molecule has 0 saturated carbocycles. The Kier molecular flexibility index (Phi) is 5.25. The van der Waals surface area contributed by atoms with E-state index in [-0.39, 0.29) is 30.2 Å². The lowest BCUT2D eigenvalue weighted by molar-refractivity contribution is -0.113. The van der Waals surface area contributed by atoms with E-state index in [1.165, 1.54) is 11.8 Å². The number of thioether (sulfide) groups is 1. The van der Waals surface area contributed by atoms with Crippen molar-refractivity contribution < 1.29 is 14.3 Å². The van der Waals surface area contributed by atoms with Crippen LogP contribution in [0.3, 0.4) is 0 Å². The largest absolute Gasteiger partial charge is 0.454 e. The molecule has 1 amide bonds. The molecule has 0 bridgehead atoms. The number of anilines is 4. The molecule has 2 heterocycles. The van der Waals surface area contributed by atoms with Gasteiger partial charge in [-0.2, -0.15) is 15.0 Å². The van der Waals surface area contributed by atoms with Crippen LogP contribution in [0.4, 0.5) is 23.3 Å². The standard InChI is InChI=1S/C19H16N6O3S/c20-18-23-15(24-19(25-18)21-12-4-2-1-3-5-12)9-28-17(27)11-6-7-14-13(8-11)22-16(26)10-29-14/h1-8H,9-10H2,(H,22,26)(H3,20,21,23,24,25). The first kappa shape index (κ1) is 18.7. The first-order chi connectivity index (χ1) is 14.1. The summed E-state index contributed by atoms with van der Waals surface area (Å²) in [6.07, 6.45) is 0. The highest BCUT2D eigenvalue weighted by atomic mass is 32.2. The molecule has 10 heteroatoms. The molecule has 29 heavy (non-hydrogen) atoms. The molecule has 1 aliphatic heterocycles. The van der Waals surface area contributed by atoms with Crippen molar-refractivity contribution in [2.45, 2.75) is 11.5 Å². The number of nitrogen functional groups attached to an aromatic ring is 1. The minimum absolute atomic E-state index is 0.0120. The van der Waals surface area contributed by atoms with Gasteiger partial charge >= 0.3 is 5.97 Å². The van der Waals surface area contributed by atoms with E-state index in [0.717, 1.165) is 10.6 Å². The zero-order valence-corrected chi connectivity index (χ0v) is 15.9. The summed E-state index contributed by atoms with van der Waals surface area (Å²) in [4.78, 5) is 37.1. The highest BCUT2D eigenvalue weighted by molar-refractivity contribution is 8.00. The summed E-state index contributed by atoms with van der Waals surface area (Å²) in [5.74, 6) is 0.172. The molecule has 4 N–H and O–H groups in total. The van der Waals surface area contributed by atoms with Gasteiger partial charge < -0.3 is 21.1 Å². The van der Waals surface area contributed by atoms with Crippen molar-refractivity contribution in [3.8, 4) is 0 Å². The van der Waals surface area contributed by atoms with E-state index in [0.29, 0.717) is 17.0 Å². The van der Waals surface area contributed by atoms with Crippen LogP contribution in [-0.2, 0) is 16.1 Å². The number of aromatic nitrogens is 3. The molecule has 0 atom stereocenters. The van der Waals surface area contributed by atoms with Crippen LogP contribution in [0.25, 0.3) is 0 Å². The number of nitrogens with zero attached hydrogens (tertiary/aromatic N) is 3. The predicted octanol–water partition coefficient (Wildman–Crippen LogP) is 2.60. The van der Waals surface area contributed by atoms with Gasteiger partial charge in [-0.25, -0.2) is 4.79 Å². The molecule has 1 aromatic heterocycles. The molecule has 2 aromatic carbocycles. The van der Waals surface area contributed by atoms with Gasteiger partial charge in [-0.1, -0.05) is 18.2 Å². The quantitative estimate of drug-likeness (QED) is 0.545. The lowest BCUT2D eigenvalue weighted by atomic mass is 10.2. The van der Waals surface area contributed by atoms with Crippen LogP contribution in [-0.4, -0.2) is 32.6 Å². The van der Waals surface area contributed by atoms with Crippen molar-refractivity contribution in [1.29, 1.82) is 0 Å². The smallest absolute Gasteiger partial charge is 0.338 e. The van der Waals surface area contributed by atoms with Gasteiger partial charge in [0.15, 0.2) is 12.4 Å². The third-order valence-electron chi connectivity index (χ3n) is 3.91. The number of nitrogens with two attached hydrogens (primary N) is 1. The van der Waals surface area contributed by atoms with Crippen LogP contribution in [0, 0.1) is 0 Å². The van der Waals surface area contributed by atoms with E-state index in [4.69, 9.17) is 10.5 Å². The Morgan fingerprint density at radius 1 is 1.17 bits per heavy atom. The first-order valence-corrected chi connectivity index (χ1v) is 9.62. The number of carbonyl (C=O) groups excluding carboxylic acids is 2. The SMILES string of the molecule is Nc1nc(COC(=O)c2ccc3c(c2)NC(=O)CS3)nc(Nc2ccccc2)n1. The van der Waals surface area contributed by atoms with Crippen molar-refractivity contribution in [3.63, 3.8) is 0 Å². The molecule has 0 radical (unpaired) electrons. The fraction of sp³-hybridized carbons (Fsp3) is 0.105. The first-order valence-electron chi connectivity index (χ1n) is 8.63. The van der Waals surface area contributed by atoms with Crippen LogP contribution >= 0.6 is 11.8 Å². The van der Waals surface area contributed by atoms with Crippen LogP contribution in [0.2, 0.25) is 0 Å². The Hall–Kier alpha value is -3.66. The molecule has 0 unspecified atom stereocenters. The maximum Gasteiger partial charge on any atom is 0.338 e. The van der Waals surface area contributed by atoms with Crippen molar-refractivity contribution in [3.05, 3.63) is 59.9 Å². The lowest BCUT2D eigenvalue weighted by Crippen LogP contribution is -2.19. The van der Waals surface area contributed by atoms with Gasteiger partial charge in [-0.3, -0.25) is 4.79 Å². The van der Waals surface area contributed by atoms with Gasteiger partial charge in [0.05, 0.1) is 17.0 Å². The van der Waals surface area contributed by atoms with Crippen molar-refractivity contribution in [2.75, 3.05) is 22.1 Å². The maximum absolute atomic E-state index is 12.4. The van der Waals surface area contributed by atoms with E-state index >= 15 is 0 Å². The Morgan fingerprint density at radius 3 is 2.83 bits per heavy atom. The van der Waals surface area contributed by atoms with Gasteiger partial charge in [0.2, 0.25) is 17.8 Å². The van der Waals surface area contributed by atoms with E-state index in [9.17, 15) is 9.59 Å². The molecular weight excluding hydrogens is 392 g/mol. The average molecular weight is 408 g/mol. The van der Waals surface area contributed by atoms with Crippen molar-refractivity contribution >= 4 is 46.9 Å². The summed E-state index contributed by atoms with van der Waals surface area (Å²) >= 11 is 1.42. The minimum atomic E-state index is -0.561. The molecule has 146 valence electrons. The van der Waals surface area contributed by atoms with E-state index < -0.39 is 5.97 Å². The van der Waals surface area contributed by atoms with Crippen molar-refractivity contribution in [2.24, 2.45) is 0 Å². The number of para-hydroxylation sites is 1. The number of fused-ring (bicyclic) bond motifs is 1. The van der Waals surface area contributed by atoms with Crippen LogP contribution in [0.1, 0.15) is 16.2 Å². The topological polar surface area (TPSA) is 132 Å². The Morgan fingerprint density at radius 2 is 2.00 bits per heavy atom. The van der Waals surface area contributed by atoms with E-state index in [1.807, 2.05) is 30.3 Å². The number of hydrogen-bond donors (Lipinski definition) is 3. The monoisotopic (exact) mass is 408 g/mol. The third-order valence-corrected chi connectivity index (χ3v) is 4.98. The summed E-state index contributed by atoms with van der Waals surface area (Å²) in [6.45, 7) is -0.173. The second-order valence-electron chi connectivity index (χ2n) is 6.05. The minimum Gasteiger partial charge on any atom is -0.454 e. The molecule has 0 fully saturated rings. The summed E-state index contributed by atoms with van der Waals surface area (Å²) in [5, 5.41) is 5.76. The highest BCUT2D eigenvalue weighted by Gasteiger charge is 2.18. The fourth-order valence-electron chi connectivity index (χ4n) is 2.63. The lowest BCUT2D eigenvalue weighted by Gasteiger charge is -2.16. The van der Waals surface area contributed by atoms with Gasteiger partial charge in [0.1, 0.15) is 0 Å². The zero-order chi connectivity index (χ0) is 20.2. The second-order valence-corrected chi connectivity index (χ2v) is 7.07. The number of nitrogens with one attached hydrogen (secondary N) is 2. The molecule has 1 aliphatic rings. The fourth-order valence-corrected chi connectivity index (χ4v) is 3.42. The number of benzene rings is 2. The molecule has 0 saturated heterocycles. The Labute approximate surface area is 170 Å². The van der Waals surface area contributed by atoms with Gasteiger partial charge in [-0.05, 0) is 30.3 Å². The van der Waals surface area contributed by atoms with Gasteiger partial charge in [-0.15, -0.1) is 11.8 Å². The number of ether oxygens (including phenoxy) is 1. The van der Waals surface area contributed by atoms with Gasteiger partial charge in [0.25, 0.3) is 0 Å². The Balaban J connectivity index is 1.44. The van der Waals surface area contributed by atoms with Crippen molar-refractivity contribution in [1.82, 2.24) is 15.0 Å². The number of esters is 1. The molecule has 3 aromatic rings. The van der Waals surface area contributed by atoms with Crippen LogP contribution < -0.4 is 16.4 Å². The van der Waals surface area contributed by atoms with E-state index in [2.05, 4.69) is 25.6 Å². The number of rotatable bonds is 5. The number of hydrogen-bond acceptors (Lipinski definition) is 9.